The van der Waals surface area contributed by atoms with Gasteiger partial charge in [0.25, 0.3) is 0 Å². The maximum atomic E-state index is 12.8. The summed E-state index contributed by atoms with van der Waals surface area (Å²) < 4.78 is 31.1. The number of cyclic esters (lactones) is 1. The largest absolute Gasteiger partial charge is 0.455 e. The number of esters is 1. The van der Waals surface area contributed by atoms with Gasteiger partial charge in [-0.2, -0.15) is 0 Å². The summed E-state index contributed by atoms with van der Waals surface area (Å²) in [6.07, 6.45) is -2.01. The number of carbonyl (C=O) groups excluding carboxylic acids is 1. The lowest BCUT2D eigenvalue weighted by Gasteiger charge is -2.36. The van der Waals surface area contributed by atoms with Gasteiger partial charge in [0.1, 0.15) is 12.2 Å². The summed E-state index contributed by atoms with van der Waals surface area (Å²) in [5.74, 6) is -0.340. The average molecular weight is 467 g/mol. The summed E-state index contributed by atoms with van der Waals surface area (Å²) in [7, 11) is -7.56. The SMILES string of the molecule is C[Si](C)(C)OC[C@@H](O[Si](C)(C)C)[C@@H]1OC(=O)[C@@H](O[Si](C)(C)C)[C@H]1O[Si](C)(C)C. The van der Waals surface area contributed by atoms with Crippen molar-refractivity contribution in [1.82, 2.24) is 0 Å². The van der Waals surface area contributed by atoms with Crippen molar-refractivity contribution >= 4 is 39.2 Å². The van der Waals surface area contributed by atoms with Crippen molar-refractivity contribution in [3.8, 4) is 0 Å². The van der Waals surface area contributed by atoms with Gasteiger partial charge in [0.15, 0.2) is 45.5 Å². The van der Waals surface area contributed by atoms with Crippen molar-refractivity contribution in [2.45, 2.75) is 103 Å². The van der Waals surface area contributed by atoms with Gasteiger partial charge in [0.2, 0.25) is 0 Å². The zero-order chi connectivity index (χ0) is 22.1. The second-order valence-electron chi connectivity index (χ2n) is 11.4. The lowest BCUT2D eigenvalue weighted by molar-refractivity contribution is -0.150. The van der Waals surface area contributed by atoms with Crippen LogP contribution in [0.15, 0.2) is 0 Å². The molecule has 0 aromatic rings. The Kier molecular flexibility index (Phi) is 8.54. The first-order chi connectivity index (χ1) is 12.3. The van der Waals surface area contributed by atoms with Crippen LogP contribution in [0.25, 0.3) is 0 Å². The average Bonchev–Trinajstić information content (AvgIpc) is 2.66. The topological polar surface area (TPSA) is 63.2 Å². The fraction of sp³-hybridized carbons (Fsp3) is 0.944. The Morgan fingerprint density at radius 2 is 1.29 bits per heavy atom. The molecule has 1 heterocycles. The third-order valence-corrected chi connectivity index (χ3v) is 7.61. The first-order valence-electron chi connectivity index (χ1n) is 10.2. The van der Waals surface area contributed by atoms with Gasteiger partial charge in [-0.1, -0.05) is 0 Å². The van der Waals surface area contributed by atoms with Gasteiger partial charge in [0, 0.05) is 0 Å². The molecule has 0 aromatic heterocycles. The Bertz CT molecular complexity index is 530. The summed E-state index contributed by atoms with van der Waals surface area (Å²) in [6, 6.07) is 0. The zero-order valence-electron chi connectivity index (χ0n) is 20.0. The predicted octanol–water partition coefficient (Wildman–Crippen LogP) is 4.42. The van der Waals surface area contributed by atoms with Crippen molar-refractivity contribution in [3.05, 3.63) is 0 Å². The number of hydrogen-bond donors (Lipinski definition) is 0. The van der Waals surface area contributed by atoms with E-state index in [2.05, 4.69) is 78.6 Å². The maximum absolute atomic E-state index is 12.8. The monoisotopic (exact) mass is 466 g/mol. The molecule has 0 saturated carbocycles. The maximum Gasteiger partial charge on any atom is 0.337 e. The van der Waals surface area contributed by atoms with Crippen LogP contribution in [0.3, 0.4) is 0 Å². The molecule has 1 saturated heterocycles. The molecule has 0 aliphatic carbocycles. The standard InChI is InChI=1S/C18H42O6Si4/c1-25(2,3)20-13-14(22-26(4,5)6)15-16(23-27(7,8)9)17(18(19)21-15)24-28(10,11)12/h14-17H,13H2,1-12H3/t14-,15+,16+,17+/m1/s1. The number of hydrogen-bond acceptors (Lipinski definition) is 6. The summed E-state index contributed by atoms with van der Waals surface area (Å²) in [4.78, 5) is 12.8. The second-order valence-corrected chi connectivity index (χ2v) is 29.3. The second kappa shape index (κ2) is 9.12. The predicted molar refractivity (Wildman–Crippen MR) is 124 cm³/mol. The van der Waals surface area contributed by atoms with Crippen LogP contribution in [0.1, 0.15) is 0 Å². The van der Waals surface area contributed by atoms with Gasteiger partial charge in [0.05, 0.1) is 6.61 Å². The van der Waals surface area contributed by atoms with E-state index in [1.54, 1.807) is 0 Å². The van der Waals surface area contributed by atoms with E-state index in [0.717, 1.165) is 0 Å². The van der Waals surface area contributed by atoms with Crippen molar-refractivity contribution in [2.24, 2.45) is 0 Å². The Balaban J connectivity index is 3.20. The quantitative estimate of drug-likeness (QED) is 0.351. The van der Waals surface area contributed by atoms with E-state index in [1.807, 2.05) is 0 Å². The van der Waals surface area contributed by atoms with Crippen LogP contribution in [0, 0.1) is 0 Å². The molecule has 166 valence electrons. The van der Waals surface area contributed by atoms with Crippen LogP contribution >= 0.6 is 0 Å². The molecular formula is C18H42O6Si4. The van der Waals surface area contributed by atoms with Crippen LogP contribution in [0.2, 0.25) is 78.6 Å². The van der Waals surface area contributed by atoms with E-state index in [9.17, 15) is 4.79 Å². The normalized spacial score (nSPS) is 25.7. The Hall–Kier alpha value is 0.178. The highest BCUT2D eigenvalue weighted by atomic mass is 28.4. The van der Waals surface area contributed by atoms with Gasteiger partial charge in [-0.15, -0.1) is 0 Å². The molecule has 0 bridgehead atoms. The lowest BCUT2D eigenvalue weighted by Crippen LogP contribution is -2.53. The first-order valence-corrected chi connectivity index (χ1v) is 23.8. The fourth-order valence-corrected chi connectivity index (χ4v) is 6.72. The minimum absolute atomic E-state index is 0.340. The van der Waals surface area contributed by atoms with E-state index in [-0.39, 0.29) is 12.1 Å². The van der Waals surface area contributed by atoms with E-state index >= 15 is 0 Å². The summed E-state index contributed by atoms with van der Waals surface area (Å²) >= 11 is 0. The Morgan fingerprint density at radius 1 is 0.786 bits per heavy atom. The van der Waals surface area contributed by atoms with E-state index in [1.165, 1.54) is 0 Å². The van der Waals surface area contributed by atoms with Crippen molar-refractivity contribution in [1.29, 1.82) is 0 Å². The highest BCUT2D eigenvalue weighted by Gasteiger charge is 2.53. The third-order valence-electron chi connectivity index (χ3n) is 3.63. The van der Waals surface area contributed by atoms with Crippen LogP contribution in [0.4, 0.5) is 0 Å². The molecule has 28 heavy (non-hydrogen) atoms. The highest BCUT2D eigenvalue weighted by molar-refractivity contribution is 6.71. The number of rotatable bonds is 10. The van der Waals surface area contributed by atoms with Gasteiger partial charge >= 0.3 is 5.97 Å². The van der Waals surface area contributed by atoms with Crippen LogP contribution in [0.5, 0.6) is 0 Å². The molecule has 1 aliphatic rings. The Labute approximate surface area is 176 Å². The van der Waals surface area contributed by atoms with E-state index in [4.69, 9.17) is 22.4 Å². The van der Waals surface area contributed by atoms with Gasteiger partial charge in [-0.3, -0.25) is 0 Å². The van der Waals surface area contributed by atoms with Crippen LogP contribution in [-0.4, -0.2) is 70.3 Å². The van der Waals surface area contributed by atoms with Crippen molar-refractivity contribution in [2.75, 3.05) is 6.61 Å². The summed E-state index contributed by atoms with van der Waals surface area (Å²) in [6.45, 7) is 25.8. The van der Waals surface area contributed by atoms with E-state index < -0.39 is 51.6 Å². The van der Waals surface area contributed by atoms with Crippen molar-refractivity contribution in [3.63, 3.8) is 0 Å². The molecular weight excluding hydrogens is 425 g/mol. The van der Waals surface area contributed by atoms with Crippen molar-refractivity contribution < 1.29 is 27.2 Å². The summed E-state index contributed by atoms with van der Waals surface area (Å²) in [5.41, 5.74) is 0. The van der Waals surface area contributed by atoms with Gasteiger partial charge in [-0.05, 0) is 78.6 Å². The van der Waals surface area contributed by atoms with Crippen LogP contribution < -0.4 is 0 Å². The molecule has 1 aliphatic heterocycles. The minimum atomic E-state index is -1.96. The molecule has 0 amide bonds. The first kappa shape index (κ1) is 26.2. The molecule has 1 rings (SSSR count). The fourth-order valence-electron chi connectivity index (χ4n) is 2.88. The molecule has 0 aromatic carbocycles. The zero-order valence-corrected chi connectivity index (χ0v) is 24.0. The molecule has 0 unspecified atom stereocenters. The van der Waals surface area contributed by atoms with Gasteiger partial charge in [-0.25, -0.2) is 4.79 Å². The highest BCUT2D eigenvalue weighted by Crippen LogP contribution is 2.31. The smallest absolute Gasteiger partial charge is 0.337 e. The van der Waals surface area contributed by atoms with Crippen LogP contribution in [-0.2, 0) is 27.2 Å². The lowest BCUT2D eigenvalue weighted by atomic mass is 10.1. The molecule has 0 N–H and O–H groups in total. The third kappa shape index (κ3) is 9.79. The molecule has 1 fully saturated rings. The summed E-state index contributed by atoms with van der Waals surface area (Å²) in [5, 5.41) is 0. The van der Waals surface area contributed by atoms with E-state index in [0.29, 0.717) is 6.61 Å². The number of carbonyl (C=O) groups is 1. The molecule has 10 heteroatoms. The minimum Gasteiger partial charge on any atom is -0.455 e. The molecule has 4 atom stereocenters. The molecule has 0 spiro atoms. The number of ether oxygens (including phenoxy) is 1. The Morgan fingerprint density at radius 3 is 1.68 bits per heavy atom. The molecule has 6 nitrogen and oxygen atoms in total. The van der Waals surface area contributed by atoms with Gasteiger partial charge < -0.3 is 22.4 Å². The molecule has 0 radical (unpaired) electrons.